The van der Waals surface area contributed by atoms with E-state index < -0.39 is 15.7 Å². The predicted octanol–water partition coefficient (Wildman–Crippen LogP) is 0.447. The van der Waals surface area contributed by atoms with Crippen LogP contribution < -0.4 is 15.2 Å². The summed E-state index contributed by atoms with van der Waals surface area (Å²) in [6, 6.07) is 9.44. The fraction of sp³-hybridized carbons (Fsp3) is 0.500. The number of hydrogen-bond donors (Lipinski definition) is 3. The molecule has 6 heteroatoms. The molecule has 100 valence electrons. The average molecular weight is 269 g/mol. The lowest BCUT2D eigenvalue weighted by Gasteiger charge is -2.29. The number of rotatable bonds is 6. The van der Waals surface area contributed by atoms with Gasteiger partial charge in [-0.05, 0) is 25.3 Å². The smallest absolute Gasteiger partial charge is 0.278 e. The molecule has 18 heavy (non-hydrogen) atoms. The molecule has 0 heterocycles. The molecule has 2 rings (SSSR count). The highest BCUT2D eigenvalue weighted by Crippen LogP contribution is 2.22. The summed E-state index contributed by atoms with van der Waals surface area (Å²) in [7, 11) is -3.52. The number of hydrogen-bond acceptors (Lipinski definition) is 3. The second-order valence-electron chi connectivity index (χ2n) is 4.90. The van der Waals surface area contributed by atoms with Gasteiger partial charge in [-0.25, -0.2) is 0 Å². The third-order valence-electron chi connectivity index (χ3n) is 3.08. The second-order valence-corrected chi connectivity index (χ2v) is 6.35. The summed E-state index contributed by atoms with van der Waals surface area (Å²) in [6.07, 6.45) is 1.82. The van der Waals surface area contributed by atoms with Crippen molar-refractivity contribution in [2.75, 3.05) is 6.54 Å². The quantitative estimate of drug-likeness (QED) is 0.701. The zero-order chi connectivity index (χ0) is 13.2. The second kappa shape index (κ2) is 4.97. The molecule has 0 aliphatic heterocycles. The summed E-state index contributed by atoms with van der Waals surface area (Å²) in [4.78, 5) is 0. The van der Waals surface area contributed by atoms with E-state index in [1.54, 1.807) is 6.92 Å². The van der Waals surface area contributed by atoms with Crippen molar-refractivity contribution in [1.82, 2.24) is 9.44 Å². The molecule has 0 radical (unpaired) electrons. The molecule has 1 aliphatic rings. The van der Waals surface area contributed by atoms with E-state index in [1.165, 1.54) is 0 Å². The summed E-state index contributed by atoms with van der Waals surface area (Å²) in [5, 5.41) is 0. The van der Waals surface area contributed by atoms with Crippen LogP contribution in [0.15, 0.2) is 30.3 Å². The lowest BCUT2D eigenvalue weighted by atomic mass is 9.94. The predicted molar refractivity (Wildman–Crippen MR) is 71.1 cm³/mol. The van der Waals surface area contributed by atoms with E-state index in [4.69, 9.17) is 5.73 Å². The number of nitrogens with one attached hydrogen (secondary N) is 2. The zero-order valence-corrected chi connectivity index (χ0v) is 11.2. The highest BCUT2D eigenvalue weighted by molar-refractivity contribution is 7.87. The minimum atomic E-state index is -3.52. The molecule has 1 atom stereocenters. The first-order valence-corrected chi connectivity index (χ1v) is 7.50. The van der Waals surface area contributed by atoms with Gasteiger partial charge in [-0.3, -0.25) is 0 Å². The van der Waals surface area contributed by atoms with E-state index in [9.17, 15) is 8.42 Å². The van der Waals surface area contributed by atoms with E-state index in [2.05, 4.69) is 9.44 Å². The molecule has 1 saturated carbocycles. The standard InChI is InChI=1S/C12H19N3O2S/c1-12(9-13,10-5-3-2-4-6-10)15-18(16,17)14-11-7-8-11/h2-6,11,14-15H,7-9,13H2,1H3. The maximum absolute atomic E-state index is 12.0. The van der Waals surface area contributed by atoms with Gasteiger partial charge in [-0.1, -0.05) is 30.3 Å². The van der Waals surface area contributed by atoms with Crippen molar-refractivity contribution in [1.29, 1.82) is 0 Å². The maximum atomic E-state index is 12.0. The van der Waals surface area contributed by atoms with Crippen LogP contribution in [-0.4, -0.2) is 21.0 Å². The van der Waals surface area contributed by atoms with Gasteiger partial charge in [0.2, 0.25) is 0 Å². The van der Waals surface area contributed by atoms with Crippen LogP contribution in [0.5, 0.6) is 0 Å². The fourth-order valence-corrected chi connectivity index (χ4v) is 3.30. The molecule has 1 aliphatic carbocycles. The van der Waals surface area contributed by atoms with Crippen molar-refractivity contribution < 1.29 is 8.42 Å². The highest BCUT2D eigenvalue weighted by Gasteiger charge is 2.33. The molecule has 0 spiro atoms. The van der Waals surface area contributed by atoms with Crippen LogP contribution in [0.1, 0.15) is 25.3 Å². The largest absolute Gasteiger partial charge is 0.328 e. The van der Waals surface area contributed by atoms with Gasteiger partial charge in [0, 0.05) is 12.6 Å². The molecule has 1 aromatic rings. The van der Waals surface area contributed by atoms with Crippen molar-refractivity contribution in [2.45, 2.75) is 31.3 Å². The van der Waals surface area contributed by atoms with E-state index in [-0.39, 0.29) is 12.6 Å². The molecule has 0 saturated heterocycles. The first-order chi connectivity index (χ1) is 8.45. The Bertz CT molecular complexity index is 499. The van der Waals surface area contributed by atoms with Crippen LogP contribution in [0.2, 0.25) is 0 Å². The molecule has 4 N–H and O–H groups in total. The third kappa shape index (κ3) is 3.29. The van der Waals surface area contributed by atoms with Crippen LogP contribution in [0.3, 0.4) is 0 Å². The normalized spacial score (nSPS) is 19.4. The highest BCUT2D eigenvalue weighted by atomic mass is 32.2. The first-order valence-electron chi connectivity index (χ1n) is 6.02. The molecule has 1 aromatic carbocycles. The summed E-state index contributed by atoms with van der Waals surface area (Å²) in [5.41, 5.74) is 5.80. The Morgan fingerprint density at radius 3 is 2.44 bits per heavy atom. The van der Waals surface area contributed by atoms with Crippen molar-refractivity contribution in [3.63, 3.8) is 0 Å². The molecule has 1 unspecified atom stereocenters. The molecule has 0 aromatic heterocycles. The topological polar surface area (TPSA) is 84.2 Å². The fourth-order valence-electron chi connectivity index (χ4n) is 1.77. The lowest BCUT2D eigenvalue weighted by molar-refractivity contribution is 0.436. The Morgan fingerprint density at radius 2 is 1.94 bits per heavy atom. The van der Waals surface area contributed by atoms with Crippen LogP contribution in [0.4, 0.5) is 0 Å². The SMILES string of the molecule is CC(CN)(NS(=O)(=O)NC1CC1)c1ccccc1. The molecule has 5 nitrogen and oxygen atoms in total. The first kappa shape index (κ1) is 13.5. The van der Waals surface area contributed by atoms with Crippen LogP contribution in [-0.2, 0) is 15.7 Å². The molecule has 0 bridgehead atoms. The minimum Gasteiger partial charge on any atom is -0.328 e. The molecular formula is C12H19N3O2S. The van der Waals surface area contributed by atoms with E-state index in [0.29, 0.717) is 0 Å². The van der Waals surface area contributed by atoms with Gasteiger partial charge in [-0.15, -0.1) is 0 Å². The van der Waals surface area contributed by atoms with E-state index >= 15 is 0 Å². The number of nitrogens with two attached hydrogens (primary N) is 1. The summed E-state index contributed by atoms with van der Waals surface area (Å²) in [5.74, 6) is 0. The Hall–Kier alpha value is -0.950. The van der Waals surface area contributed by atoms with Gasteiger partial charge in [-0.2, -0.15) is 17.9 Å². The van der Waals surface area contributed by atoms with Gasteiger partial charge in [0.25, 0.3) is 10.2 Å². The van der Waals surface area contributed by atoms with E-state index in [1.807, 2.05) is 30.3 Å². The third-order valence-corrected chi connectivity index (χ3v) is 4.44. The zero-order valence-electron chi connectivity index (χ0n) is 10.4. The van der Waals surface area contributed by atoms with Crippen molar-refractivity contribution in [3.8, 4) is 0 Å². The van der Waals surface area contributed by atoms with Crippen molar-refractivity contribution in [2.24, 2.45) is 5.73 Å². The Morgan fingerprint density at radius 1 is 1.33 bits per heavy atom. The number of benzene rings is 1. The Labute approximate surface area is 108 Å². The lowest BCUT2D eigenvalue weighted by Crippen LogP contribution is -2.52. The Balaban J connectivity index is 2.17. The van der Waals surface area contributed by atoms with Crippen LogP contribution in [0.25, 0.3) is 0 Å². The molecular weight excluding hydrogens is 250 g/mol. The van der Waals surface area contributed by atoms with Crippen molar-refractivity contribution >= 4 is 10.2 Å². The summed E-state index contributed by atoms with van der Waals surface area (Å²) >= 11 is 0. The van der Waals surface area contributed by atoms with Crippen LogP contribution in [0, 0.1) is 0 Å². The molecule has 1 fully saturated rings. The maximum Gasteiger partial charge on any atom is 0.278 e. The Kier molecular flexibility index (Phi) is 3.72. The van der Waals surface area contributed by atoms with Crippen molar-refractivity contribution in [3.05, 3.63) is 35.9 Å². The van der Waals surface area contributed by atoms with Gasteiger partial charge in [0.15, 0.2) is 0 Å². The van der Waals surface area contributed by atoms with Gasteiger partial charge in [0.05, 0.1) is 5.54 Å². The summed E-state index contributed by atoms with van der Waals surface area (Å²) < 4.78 is 29.1. The monoisotopic (exact) mass is 269 g/mol. The molecule has 0 amide bonds. The van der Waals surface area contributed by atoms with E-state index in [0.717, 1.165) is 18.4 Å². The van der Waals surface area contributed by atoms with Crippen LogP contribution >= 0.6 is 0 Å². The minimum absolute atomic E-state index is 0.0836. The van der Waals surface area contributed by atoms with Gasteiger partial charge >= 0.3 is 0 Å². The average Bonchev–Trinajstić information content (AvgIpc) is 3.12. The van der Waals surface area contributed by atoms with Gasteiger partial charge < -0.3 is 5.73 Å². The van der Waals surface area contributed by atoms with Gasteiger partial charge in [0.1, 0.15) is 0 Å². The summed E-state index contributed by atoms with van der Waals surface area (Å²) in [6.45, 7) is 1.98.